The summed E-state index contributed by atoms with van der Waals surface area (Å²) >= 11 is 6.43. The molecule has 2 aliphatic rings. The van der Waals surface area contributed by atoms with Gasteiger partial charge in [0.05, 0.1) is 10.7 Å². The van der Waals surface area contributed by atoms with E-state index < -0.39 is 0 Å². The Morgan fingerprint density at radius 3 is 2.68 bits per heavy atom. The number of hydrogen-bond acceptors (Lipinski definition) is 4. The summed E-state index contributed by atoms with van der Waals surface area (Å²) in [5.41, 5.74) is 10.8. The molecule has 0 saturated heterocycles. The van der Waals surface area contributed by atoms with Gasteiger partial charge >= 0.3 is 0 Å². The number of rotatable bonds is 2. The van der Waals surface area contributed by atoms with Crippen molar-refractivity contribution in [2.24, 2.45) is 10.7 Å². The van der Waals surface area contributed by atoms with Crippen molar-refractivity contribution in [1.82, 2.24) is 4.98 Å². The molecule has 2 heterocycles. The number of aliphatic imine (C=N–C) groups is 1. The smallest absolute Gasteiger partial charge is 0.150 e. The summed E-state index contributed by atoms with van der Waals surface area (Å²) in [7, 11) is 0. The lowest BCUT2D eigenvalue weighted by atomic mass is 10.0. The highest BCUT2D eigenvalue weighted by Gasteiger charge is 2.28. The van der Waals surface area contributed by atoms with Crippen LogP contribution in [0.3, 0.4) is 0 Å². The van der Waals surface area contributed by atoms with Crippen molar-refractivity contribution in [3.05, 3.63) is 69.8 Å². The van der Waals surface area contributed by atoms with Crippen molar-refractivity contribution in [2.45, 2.75) is 25.7 Å². The number of hydrogen-bond donors (Lipinski definition) is 3. The second kappa shape index (κ2) is 6.01. The molecule has 1 aromatic heterocycles. The van der Waals surface area contributed by atoms with Gasteiger partial charge in [-0.15, -0.1) is 0 Å². The normalized spacial score (nSPS) is 18.8. The highest BCUT2D eigenvalue weighted by molar-refractivity contribution is 6.36. The summed E-state index contributed by atoms with van der Waals surface area (Å²) in [6.07, 6.45) is 2.33. The van der Waals surface area contributed by atoms with Crippen molar-refractivity contribution < 1.29 is 0 Å². The largest absolute Gasteiger partial charge is 0.400 e. The Labute approximate surface area is 151 Å². The second-order valence-corrected chi connectivity index (χ2v) is 6.79. The van der Waals surface area contributed by atoms with Crippen LogP contribution in [0.2, 0.25) is 5.02 Å². The van der Waals surface area contributed by atoms with Gasteiger partial charge in [0.1, 0.15) is 17.1 Å². The molecular weight excluding hydrogens is 334 g/mol. The zero-order valence-corrected chi connectivity index (χ0v) is 14.6. The number of amidine groups is 1. The number of anilines is 1. The molecule has 1 aliphatic carbocycles. The molecule has 4 rings (SSSR count). The third-order valence-corrected chi connectivity index (χ3v) is 4.69. The van der Waals surface area contributed by atoms with E-state index in [1.54, 1.807) is 6.92 Å². The molecule has 0 atom stereocenters. The fraction of sp³-hybridized carbons (Fsp3) is 0.211. The van der Waals surface area contributed by atoms with Crippen LogP contribution in [-0.4, -0.2) is 16.5 Å². The van der Waals surface area contributed by atoms with E-state index in [-0.39, 0.29) is 5.84 Å². The quantitative estimate of drug-likeness (QED) is 0.762. The van der Waals surface area contributed by atoms with E-state index in [1.165, 1.54) is 12.8 Å². The SMILES string of the molecule is C/C(N)=C1\N=C(c2ccccc2Cl)c2nc(C3CC3)ccc2NC1=N. The number of benzene rings is 1. The van der Waals surface area contributed by atoms with Crippen LogP contribution in [0.1, 0.15) is 42.6 Å². The fourth-order valence-electron chi connectivity index (χ4n) is 2.90. The highest BCUT2D eigenvalue weighted by atomic mass is 35.5. The highest BCUT2D eigenvalue weighted by Crippen LogP contribution is 2.40. The molecule has 4 N–H and O–H groups in total. The minimum absolute atomic E-state index is 0.157. The van der Waals surface area contributed by atoms with E-state index in [1.807, 2.05) is 36.4 Å². The van der Waals surface area contributed by atoms with Crippen molar-refractivity contribution in [1.29, 1.82) is 5.41 Å². The molecule has 1 fully saturated rings. The molecule has 1 aromatic carbocycles. The number of halogens is 1. The fourth-order valence-corrected chi connectivity index (χ4v) is 3.13. The van der Waals surface area contributed by atoms with Crippen LogP contribution < -0.4 is 11.1 Å². The van der Waals surface area contributed by atoms with Gasteiger partial charge in [0.25, 0.3) is 0 Å². The van der Waals surface area contributed by atoms with E-state index in [2.05, 4.69) is 10.3 Å². The van der Waals surface area contributed by atoms with Crippen LogP contribution in [0.15, 0.2) is 52.8 Å². The zero-order valence-electron chi connectivity index (χ0n) is 13.8. The maximum atomic E-state index is 8.29. The van der Waals surface area contributed by atoms with Crippen LogP contribution in [0.4, 0.5) is 5.69 Å². The van der Waals surface area contributed by atoms with Crippen molar-refractivity contribution >= 4 is 28.8 Å². The second-order valence-electron chi connectivity index (χ2n) is 6.38. The lowest BCUT2D eigenvalue weighted by Gasteiger charge is -2.12. The molecule has 0 amide bonds. The predicted molar refractivity (Wildman–Crippen MR) is 102 cm³/mol. The Bertz CT molecular complexity index is 937. The van der Waals surface area contributed by atoms with Crippen LogP contribution in [0.25, 0.3) is 0 Å². The molecule has 0 radical (unpaired) electrons. The molecule has 2 aromatic rings. The molecule has 1 saturated carbocycles. The lowest BCUT2D eigenvalue weighted by molar-refractivity contribution is 1.02. The number of nitrogens with two attached hydrogens (primary N) is 1. The number of nitrogens with zero attached hydrogens (tertiary/aromatic N) is 2. The van der Waals surface area contributed by atoms with Gasteiger partial charge in [0, 0.05) is 22.9 Å². The van der Waals surface area contributed by atoms with Crippen molar-refractivity contribution in [2.75, 3.05) is 5.32 Å². The van der Waals surface area contributed by atoms with Crippen molar-refractivity contribution in [3.63, 3.8) is 0 Å². The van der Waals surface area contributed by atoms with E-state index in [9.17, 15) is 0 Å². The predicted octanol–water partition coefficient (Wildman–Crippen LogP) is 4.04. The third kappa shape index (κ3) is 2.91. The summed E-state index contributed by atoms with van der Waals surface area (Å²) in [5.74, 6) is 0.677. The average molecular weight is 352 g/mol. The summed E-state index contributed by atoms with van der Waals surface area (Å²) in [6.45, 7) is 1.73. The zero-order chi connectivity index (χ0) is 17.6. The first kappa shape index (κ1) is 15.8. The first-order chi connectivity index (χ1) is 12.0. The van der Waals surface area contributed by atoms with E-state index in [0.29, 0.717) is 33.7 Å². The minimum Gasteiger partial charge on any atom is -0.400 e. The Hall–Kier alpha value is -2.66. The van der Waals surface area contributed by atoms with Crippen molar-refractivity contribution in [3.8, 4) is 0 Å². The van der Waals surface area contributed by atoms with Crippen LogP contribution in [-0.2, 0) is 0 Å². The van der Waals surface area contributed by atoms with Gasteiger partial charge in [0.15, 0.2) is 5.84 Å². The first-order valence-corrected chi connectivity index (χ1v) is 8.59. The summed E-state index contributed by atoms with van der Waals surface area (Å²) in [6, 6.07) is 11.5. The van der Waals surface area contributed by atoms with Crippen LogP contribution in [0.5, 0.6) is 0 Å². The molecule has 5 nitrogen and oxygen atoms in total. The van der Waals surface area contributed by atoms with E-state index in [4.69, 9.17) is 27.7 Å². The standard InChI is InChI=1S/C19H18ClN5/c1-10(21)16-19(22)24-15-9-8-14(11-6-7-11)23-18(15)17(25-16)12-4-2-3-5-13(12)20/h2-5,8-9,11H,6-7,21H2,1H3,(H2,22,24)/b16-10+. The Kier molecular flexibility index (Phi) is 3.81. The first-order valence-electron chi connectivity index (χ1n) is 8.22. The maximum absolute atomic E-state index is 8.29. The number of nitrogens with one attached hydrogen (secondary N) is 2. The summed E-state index contributed by atoms with van der Waals surface area (Å²) in [5, 5.41) is 12.0. The van der Waals surface area contributed by atoms with Gasteiger partial charge in [-0.1, -0.05) is 29.8 Å². The van der Waals surface area contributed by atoms with Crippen LogP contribution >= 0.6 is 11.6 Å². The molecule has 126 valence electrons. The van der Waals surface area contributed by atoms with Crippen LogP contribution in [0, 0.1) is 5.41 Å². The molecular formula is C19H18ClN5. The number of allylic oxidation sites excluding steroid dienone is 1. The summed E-state index contributed by atoms with van der Waals surface area (Å²) < 4.78 is 0. The number of aromatic nitrogens is 1. The molecule has 6 heteroatoms. The Morgan fingerprint density at radius 1 is 1.24 bits per heavy atom. The minimum atomic E-state index is 0.157. The maximum Gasteiger partial charge on any atom is 0.150 e. The summed E-state index contributed by atoms with van der Waals surface area (Å²) in [4.78, 5) is 9.54. The van der Waals surface area contributed by atoms with Gasteiger partial charge in [-0.2, -0.15) is 0 Å². The monoisotopic (exact) mass is 351 g/mol. The molecule has 0 unspecified atom stereocenters. The van der Waals surface area contributed by atoms with Gasteiger partial charge in [-0.3, -0.25) is 5.41 Å². The topological polar surface area (TPSA) is 87.2 Å². The number of fused-ring (bicyclic) bond motifs is 1. The lowest BCUT2D eigenvalue weighted by Crippen LogP contribution is -2.15. The van der Waals surface area contributed by atoms with Gasteiger partial charge in [0.2, 0.25) is 0 Å². The molecule has 25 heavy (non-hydrogen) atoms. The van der Waals surface area contributed by atoms with Gasteiger partial charge in [-0.05, 0) is 38.0 Å². The van der Waals surface area contributed by atoms with E-state index >= 15 is 0 Å². The third-order valence-electron chi connectivity index (χ3n) is 4.36. The molecule has 0 bridgehead atoms. The van der Waals surface area contributed by atoms with E-state index in [0.717, 1.165) is 16.9 Å². The molecule has 0 spiro atoms. The Morgan fingerprint density at radius 2 is 2.00 bits per heavy atom. The van der Waals surface area contributed by atoms with Gasteiger partial charge < -0.3 is 11.1 Å². The number of pyridine rings is 1. The van der Waals surface area contributed by atoms with Gasteiger partial charge in [-0.25, -0.2) is 9.98 Å². The average Bonchev–Trinajstić information content (AvgIpc) is 3.42. The molecule has 1 aliphatic heterocycles. The Balaban J connectivity index is 1.98.